The number of nitriles is 1. The van der Waals surface area contributed by atoms with Gasteiger partial charge in [-0.25, -0.2) is 0 Å². The van der Waals surface area contributed by atoms with Gasteiger partial charge in [-0.3, -0.25) is 4.79 Å². The highest BCUT2D eigenvalue weighted by Gasteiger charge is 2.07. The lowest BCUT2D eigenvalue weighted by Crippen LogP contribution is -2.20. The fraction of sp³-hybridized carbons (Fsp3) is 0.182. The van der Waals surface area contributed by atoms with E-state index in [1.807, 2.05) is 65.4 Å². The smallest absolute Gasteiger partial charge is 0.244 e. The van der Waals surface area contributed by atoms with Crippen LogP contribution in [0, 0.1) is 11.3 Å². The van der Waals surface area contributed by atoms with Crippen LogP contribution in [0.15, 0.2) is 60.8 Å². The van der Waals surface area contributed by atoms with Crippen molar-refractivity contribution in [1.29, 1.82) is 5.26 Å². The van der Waals surface area contributed by atoms with Gasteiger partial charge in [0.15, 0.2) is 0 Å². The molecule has 5 heteroatoms. The Balaban J connectivity index is 1.72. The SMILES string of the molecule is COc1ccccc1CNC(=O)/C=C/c1cn(CCC#N)c2ccccc12. The summed E-state index contributed by atoms with van der Waals surface area (Å²) >= 11 is 0. The van der Waals surface area contributed by atoms with Crippen molar-refractivity contribution in [3.8, 4) is 11.8 Å². The third kappa shape index (κ3) is 4.36. The maximum absolute atomic E-state index is 12.2. The summed E-state index contributed by atoms with van der Waals surface area (Å²) in [6.45, 7) is 1.03. The standard InChI is InChI=1S/C22H21N3O2/c1-27-21-10-5-2-7-17(21)15-24-22(26)12-11-18-16-25(14-6-13-23)20-9-4-3-8-19(18)20/h2-5,7-12,16H,6,14-15H2,1H3,(H,24,26)/b12-11+. The number of aromatic nitrogens is 1. The van der Waals surface area contributed by atoms with E-state index in [1.165, 1.54) is 6.08 Å². The number of nitrogens with one attached hydrogen (secondary N) is 1. The number of rotatable bonds is 7. The largest absolute Gasteiger partial charge is 0.496 e. The Hall–Kier alpha value is -3.52. The van der Waals surface area contributed by atoms with Crippen LogP contribution in [0.2, 0.25) is 0 Å². The number of methoxy groups -OCH3 is 1. The minimum absolute atomic E-state index is 0.172. The zero-order valence-electron chi connectivity index (χ0n) is 15.2. The van der Waals surface area contributed by atoms with E-state index in [9.17, 15) is 4.79 Å². The molecule has 3 rings (SSSR count). The van der Waals surface area contributed by atoms with E-state index in [0.29, 0.717) is 19.5 Å². The summed E-state index contributed by atoms with van der Waals surface area (Å²) in [5, 5.41) is 12.8. The maximum atomic E-state index is 12.2. The molecule has 0 unspecified atom stereocenters. The third-order valence-electron chi connectivity index (χ3n) is 4.34. The van der Waals surface area contributed by atoms with E-state index in [2.05, 4.69) is 11.4 Å². The first-order chi connectivity index (χ1) is 13.2. The Morgan fingerprint density at radius 1 is 1.22 bits per heavy atom. The predicted molar refractivity (Wildman–Crippen MR) is 106 cm³/mol. The van der Waals surface area contributed by atoms with Crippen molar-refractivity contribution in [2.75, 3.05) is 7.11 Å². The normalized spacial score (nSPS) is 10.8. The minimum Gasteiger partial charge on any atom is -0.496 e. The number of benzene rings is 2. The summed E-state index contributed by atoms with van der Waals surface area (Å²) in [5.74, 6) is 0.581. The van der Waals surface area contributed by atoms with Crippen molar-refractivity contribution in [3.63, 3.8) is 0 Å². The summed E-state index contributed by atoms with van der Waals surface area (Å²) in [5.41, 5.74) is 2.94. The second-order valence-corrected chi connectivity index (χ2v) is 6.07. The zero-order valence-corrected chi connectivity index (χ0v) is 15.2. The summed E-state index contributed by atoms with van der Waals surface area (Å²) in [7, 11) is 1.61. The fourth-order valence-corrected chi connectivity index (χ4v) is 3.02. The molecule has 0 aliphatic heterocycles. The van der Waals surface area contributed by atoms with E-state index >= 15 is 0 Å². The molecule has 0 spiro atoms. The van der Waals surface area contributed by atoms with Gasteiger partial charge in [0.1, 0.15) is 5.75 Å². The molecule has 0 saturated carbocycles. The van der Waals surface area contributed by atoms with Gasteiger partial charge in [-0.1, -0.05) is 36.4 Å². The van der Waals surface area contributed by atoms with E-state index < -0.39 is 0 Å². The lowest BCUT2D eigenvalue weighted by Gasteiger charge is -2.08. The number of hydrogen-bond acceptors (Lipinski definition) is 3. The highest BCUT2D eigenvalue weighted by molar-refractivity contribution is 5.96. The molecule has 5 nitrogen and oxygen atoms in total. The lowest BCUT2D eigenvalue weighted by molar-refractivity contribution is -0.116. The molecule has 0 bridgehead atoms. The van der Waals surface area contributed by atoms with Gasteiger partial charge in [0, 0.05) is 47.4 Å². The molecule has 1 aromatic heterocycles. The summed E-state index contributed by atoms with van der Waals surface area (Å²) in [6.07, 6.45) is 5.77. The lowest BCUT2D eigenvalue weighted by atomic mass is 10.1. The summed E-state index contributed by atoms with van der Waals surface area (Å²) in [6, 6.07) is 17.7. The number of hydrogen-bond donors (Lipinski definition) is 1. The van der Waals surface area contributed by atoms with Crippen molar-refractivity contribution < 1.29 is 9.53 Å². The number of para-hydroxylation sites is 2. The van der Waals surface area contributed by atoms with Crippen LogP contribution in [0.4, 0.5) is 0 Å². The van der Waals surface area contributed by atoms with E-state index in [1.54, 1.807) is 7.11 Å². The third-order valence-corrected chi connectivity index (χ3v) is 4.34. The van der Waals surface area contributed by atoms with Gasteiger partial charge >= 0.3 is 0 Å². The summed E-state index contributed by atoms with van der Waals surface area (Å²) < 4.78 is 7.34. The van der Waals surface area contributed by atoms with E-state index in [0.717, 1.165) is 27.8 Å². The van der Waals surface area contributed by atoms with E-state index in [4.69, 9.17) is 10.00 Å². The van der Waals surface area contributed by atoms with Gasteiger partial charge in [-0.15, -0.1) is 0 Å². The Morgan fingerprint density at radius 2 is 2.00 bits per heavy atom. The first-order valence-electron chi connectivity index (χ1n) is 8.75. The van der Waals surface area contributed by atoms with Crippen LogP contribution in [-0.4, -0.2) is 17.6 Å². The molecule has 1 amide bonds. The van der Waals surface area contributed by atoms with Crippen LogP contribution >= 0.6 is 0 Å². The first-order valence-corrected chi connectivity index (χ1v) is 8.75. The van der Waals surface area contributed by atoms with Crippen molar-refractivity contribution in [1.82, 2.24) is 9.88 Å². The van der Waals surface area contributed by atoms with Crippen LogP contribution in [0.1, 0.15) is 17.5 Å². The van der Waals surface area contributed by atoms with Crippen LogP contribution in [0.5, 0.6) is 5.75 Å². The molecule has 0 atom stereocenters. The highest BCUT2D eigenvalue weighted by Crippen LogP contribution is 2.23. The molecule has 0 aliphatic rings. The molecular weight excluding hydrogens is 338 g/mol. The summed E-state index contributed by atoms with van der Waals surface area (Å²) in [4.78, 5) is 12.2. The number of amides is 1. The number of aryl methyl sites for hydroxylation is 1. The van der Waals surface area contributed by atoms with Gasteiger partial charge in [0.2, 0.25) is 5.91 Å². The molecular formula is C22H21N3O2. The number of carbonyl (C=O) groups is 1. The Kier molecular flexibility index (Phi) is 5.91. The molecule has 3 aromatic rings. The number of carbonyl (C=O) groups excluding carboxylic acids is 1. The van der Waals surface area contributed by atoms with Crippen LogP contribution in [0.25, 0.3) is 17.0 Å². The van der Waals surface area contributed by atoms with Gasteiger partial charge in [-0.2, -0.15) is 5.26 Å². The Morgan fingerprint density at radius 3 is 2.81 bits per heavy atom. The fourth-order valence-electron chi connectivity index (χ4n) is 3.02. The van der Waals surface area contributed by atoms with Crippen molar-refractivity contribution >= 4 is 22.9 Å². The van der Waals surface area contributed by atoms with Crippen LogP contribution in [-0.2, 0) is 17.9 Å². The quantitative estimate of drug-likeness (QED) is 0.651. The van der Waals surface area contributed by atoms with Gasteiger partial charge < -0.3 is 14.6 Å². The molecule has 0 aliphatic carbocycles. The highest BCUT2D eigenvalue weighted by atomic mass is 16.5. The second kappa shape index (κ2) is 8.72. The molecule has 1 N–H and O–H groups in total. The predicted octanol–water partition coefficient (Wildman–Crippen LogP) is 3.89. The van der Waals surface area contributed by atoms with Crippen LogP contribution < -0.4 is 10.1 Å². The molecule has 27 heavy (non-hydrogen) atoms. The molecule has 2 aromatic carbocycles. The monoisotopic (exact) mass is 359 g/mol. The molecule has 0 fully saturated rings. The second-order valence-electron chi connectivity index (χ2n) is 6.07. The van der Waals surface area contributed by atoms with Gasteiger partial charge in [0.05, 0.1) is 19.6 Å². The van der Waals surface area contributed by atoms with Crippen molar-refractivity contribution in [2.24, 2.45) is 0 Å². The number of nitrogens with zero attached hydrogens (tertiary/aromatic N) is 2. The average molecular weight is 359 g/mol. The Labute approximate surface area is 158 Å². The molecule has 0 saturated heterocycles. The van der Waals surface area contributed by atoms with Crippen molar-refractivity contribution in [3.05, 3.63) is 71.9 Å². The van der Waals surface area contributed by atoms with Gasteiger partial charge in [0.25, 0.3) is 0 Å². The Bertz CT molecular complexity index is 1010. The number of fused-ring (bicyclic) bond motifs is 1. The molecule has 136 valence electrons. The number of ether oxygens (including phenoxy) is 1. The first kappa shape index (κ1) is 18.3. The van der Waals surface area contributed by atoms with Crippen molar-refractivity contribution in [2.45, 2.75) is 19.5 Å². The minimum atomic E-state index is -0.172. The maximum Gasteiger partial charge on any atom is 0.244 e. The molecule has 1 heterocycles. The zero-order chi connectivity index (χ0) is 19.1. The van der Waals surface area contributed by atoms with E-state index in [-0.39, 0.29) is 5.91 Å². The topological polar surface area (TPSA) is 67.0 Å². The average Bonchev–Trinajstić information content (AvgIpc) is 3.07. The van der Waals surface area contributed by atoms with Crippen LogP contribution in [0.3, 0.4) is 0 Å². The van der Waals surface area contributed by atoms with Gasteiger partial charge in [-0.05, 0) is 18.2 Å². The molecule has 0 radical (unpaired) electrons.